The van der Waals surface area contributed by atoms with Crippen molar-refractivity contribution in [2.45, 2.75) is 118 Å². The third-order valence-corrected chi connectivity index (χ3v) is 18.5. The zero-order valence-electron chi connectivity index (χ0n) is 37.4. The first kappa shape index (κ1) is 43.1. The highest BCUT2D eigenvalue weighted by molar-refractivity contribution is 5.79. The number of rotatable bonds is 6. The van der Waals surface area contributed by atoms with E-state index in [4.69, 9.17) is 19.1 Å². The minimum atomic E-state index is -0.433. The molecule has 4 fully saturated rings. The number of fused-ring (bicyclic) bond motifs is 10. The molecule has 1 N–H and O–H groups in total. The maximum Gasteiger partial charge on any atom is 0.407 e. The summed E-state index contributed by atoms with van der Waals surface area (Å²) in [6, 6.07) is 22.7. The summed E-state index contributed by atoms with van der Waals surface area (Å²) < 4.78 is 26.6. The molecule has 9 rings (SSSR count). The van der Waals surface area contributed by atoms with Crippen LogP contribution in [0.4, 0.5) is 9.18 Å². The van der Waals surface area contributed by atoms with Gasteiger partial charge in [-0.2, -0.15) is 9.59 Å². The van der Waals surface area contributed by atoms with E-state index in [9.17, 15) is 14.0 Å². The predicted molar refractivity (Wildman–Crippen MR) is 233 cm³/mol. The average molecular weight is 830 g/mol. The minimum absolute atomic E-state index is 0.00256. The zero-order valence-corrected chi connectivity index (χ0v) is 37.4. The van der Waals surface area contributed by atoms with Crippen LogP contribution in [0.3, 0.4) is 0 Å². The lowest BCUT2D eigenvalue weighted by Gasteiger charge is -2.72. The molecule has 1 unspecified atom stereocenters. The second kappa shape index (κ2) is 15.7. The van der Waals surface area contributed by atoms with E-state index in [1.165, 1.54) is 34.9 Å². The number of hydrogen-bond acceptors (Lipinski definition) is 6. The van der Waals surface area contributed by atoms with Gasteiger partial charge in [0.25, 0.3) is 0 Å². The fourth-order valence-corrected chi connectivity index (χ4v) is 15.5. The molecule has 3 aromatic rings. The van der Waals surface area contributed by atoms with E-state index in [2.05, 4.69) is 108 Å². The Kier molecular flexibility index (Phi) is 11.1. The first-order chi connectivity index (χ1) is 29.0. The van der Waals surface area contributed by atoms with Crippen LogP contribution in [0.15, 0.2) is 72.8 Å². The summed E-state index contributed by atoms with van der Waals surface area (Å²) in [5.74, 6) is 1.11. The van der Waals surface area contributed by atoms with Crippen molar-refractivity contribution in [2.75, 3.05) is 13.7 Å². The van der Waals surface area contributed by atoms with Gasteiger partial charge in [-0.15, -0.1) is 0 Å². The molecular formula is C53H64FNO6. The smallest absolute Gasteiger partial charge is 0.407 e. The average Bonchev–Trinajstić information content (AvgIpc) is 3.77. The molecular weight excluding hydrogens is 766 g/mol. The molecule has 0 heterocycles. The SMILES string of the molecule is COC(=O)C(C)[C@@H]1CC[C@]2(NC(=O)OCC3c4ccccc4-c4ccccc43)CC[C@]3(C)[C@H](CC[C@@H]4[C@@]5(C)CC=C(c6ccc(C)c(F)c6)C(C)(C)[C@@H]5CC[C@]43C)[C@@H]12.O=C=O. The second-order valence-electron chi connectivity index (χ2n) is 20.9. The molecule has 6 aliphatic rings. The van der Waals surface area contributed by atoms with Gasteiger partial charge in [-0.25, -0.2) is 9.18 Å². The number of halogens is 1. The molecule has 7 nitrogen and oxygen atoms in total. The van der Waals surface area contributed by atoms with Crippen LogP contribution in [0.25, 0.3) is 16.7 Å². The molecule has 0 bridgehead atoms. The summed E-state index contributed by atoms with van der Waals surface area (Å²) in [5, 5.41) is 3.59. The van der Waals surface area contributed by atoms with Gasteiger partial charge in [0.2, 0.25) is 0 Å². The van der Waals surface area contributed by atoms with Crippen LogP contribution >= 0.6 is 0 Å². The van der Waals surface area contributed by atoms with Crippen molar-refractivity contribution in [1.29, 1.82) is 0 Å². The van der Waals surface area contributed by atoms with E-state index in [0.717, 1.165) is 63.4 Å². The standard InChI is InChI=1S/C52H64FNO4.CO2/c1-31-17-18-33(29-42(31)53)40-22-24-49(5)43(48(40,3)4)23-25-51(7)44(49)20-19-41-45-34(32(2)46(55)57-8)21-26-52(45,28-27-50(41,51)6)54-47(56)58-30-39-37-15-11-9-13-35(37)36-14-10-12-16-38(36)39;2-1-3/h9-18,22,29,32,34,39,41,43-45H,19-21,23-28,30H2,1-8H3,(H,54,56);/t32?,34-,41+,43-,44+,45+,49-,50+,51+,52-;/m0./s1. The number of amides is 1. The molecule has 0 radical (unpaired) electrons. The largest absolute Gasteiger partial charge is 0.469 e. The van der Waals surface area contributed by atoms with Gasteiger partial charge in [0.05, 0.1) is 13.0 Å². The minimum Gasteiger partial charge on any atom is -0.469 e. The van der Waals surface area contributed by atoms with E-state index in [-0.39, 0.29) is 76.0 Å². The topological polar surface area (TPSA) is 98.8 Å². The summed E-state index contributed by atoms with van der Waals surface area (Å²) in [7, 11) is 1.51. The third-order valence-electron chi connectivity index (χ3n) is 18.5. The Morgan fingerprint density at radius 2 is 1.49 bits per heavy atom. The molecule has 3 aromatic carbocycles. The lowest BCUT2D eigenvalue weighted by molar-refractivity contribution is -0.221. The molecule has 0 spiro atoms. The molecule has 8 heteroatoms. The number of aryl methyl sites for hydroxylation is 1. The molecule has 0 aliphatic heterocycles. The van der Waals surface area contributed by atoms with Crippen molar-refractivity contribution in [3.63, 3.8) is 0 Å². The van der Waals surface area contributed by atoms with Gasteiger partial charge in [-0.05, 0) is 161 Å². The number of ether oxygens (including phenoxy) is 2. The van der Waals surface area contributed by atoms with Gasteiger partial charge in [-0.1, -0.05) is 108 Å². The molecule has 0 aromatic heterocycles. The van der Waals surface area contributed by atoms with Gasteiger partial charge in [0, 0.05) is 11.5 Å². The van der Waals surface area contributed by atoms with E-state index >= 15 is 0 Å². The van der Waals surface area contributed by atoms with Crippen molar-refractivity contribution < 1.29 is 33.0 Å². The number of benzene rings is 3. The van der Waals surface area contributed by atoms with Gasteiger partial charge in [0.1, 0.15) is 12.4 Å². The van der Waals surface area contributed by atoms with Gasteiger partial charge in [-0.3, -0.25) is 4.79 Å². The molecule has 61 heavy (non-hydrogen) atoms. The highest BCUT2D eigenvalue weighted by atomic mass is 19.1. The van der Waals surface area contributed by atoms with Crippen LogP contribution in [0.5, 0.6) is 0 Å². The summed E-state index contributed by atoms with van der Waals surface area (Å²) in [4.78, 5) is 43.8. The number of allylic oxidation sites excluding steroid dienone is 2. The Morgan fingerprint density at radius 1 is 0.836 bits per heavy atom. The Balaban J connectivity index is 0.00000166. The van der Waals surface area contributed by atoms with Crippen LogP contribution in [0.1, 0.15) is 128 Å². The quantitative estimate of drug-likeness (QED) is 0.248. The van der Waals surface area contributed by atoms with Crippen molar-refractivity contribution >= 4 is 23.8 Å². The number of hydrogen-bond donors (Lipinski definition) is 1. The third kappa shape index (κ3) is 6.56. The highest BCUT2D eigenvalue weighted by Crippen LogP contribution is 2.76. The number of carbonyl (C=O) groups is 2. The number of nitrogens with one attached hydrogen (secondary N) is 1. The van der Waals surface area contributed by atoms with Crippen LogP contribution < -0.4 is 5.32 Å². The number of esters is 1. The molecule has 1 amide bonds. The Labute approximate surface area is 361 Å². The first-order valence-corrected chi connectivity index (χ1v) is 22.7. The van der Waals surface area contributed by atoms with Crippen LogP contribution in [0.2, 0.25) is 0 Å². The summed E-state index contributed by atoms with van der Waals surface area (Å²) in [5.41, 5.74) is 7.58. The van der Waals surface area contributed by atoms with Crippen molar-refractivity contribution in [3.05, 3.63) is 101 Å². The zero-order chi connectivity index (χ0) is 43.7. The Morgan fingerprint density at radius 3 is 2.13 bits per heavy atom. The fraction of sp³-hybridized carbons (Fsp3) is 0.566. The summed E-state index contributed by atoms with van der Waals surface area (Å²) >= 11 is 0. The lowest BCUT2D eigenvalue weighted by atomic mass is 9.33. The monoisotopic (exact) mass is 829 g/mol. The van der Waals surface area contributed by atoms with Crippen LogP contribution in [0, 0.1) is 69.9 Å². The van der Waals surface area contributed by atoms with E-state index in [1.807, 2.05) is 13.0 Å². The summed E-state index contributed by atoms with van der Waals surface area (Å²) in [6.07, 6.45) is 11.6. The highest BCUT2D eigenvalue weighted by Gasteiger charge is 2.71. The maximum atomic E-state index is 14.9. The van der Waals surface area contributed by atoms with E-state index in [0.29, 0.717) is 23.3 Å². The summed E-state index contributed by atoms with van der Waals surface area (Å²) in [6.45, 7) is 16.8. The lowest BCUT2D eigenvalue weighted by Crippen LogP contribution is -2.68. The van der Waals surface area contributed by atoms with Gasteiger partial charge >= 0.3 is 18.2 Å². The van der Waals surface area contributed by atoms with E-state index < -0.39 is 5.54 Å². The Hall–Kier alpha value is -4.55. The maximum absolute atomic E-state index is 14.9. The van der Waals surface area contributed by atoms with Gasteiger partial charge < -0.3 is 14.8 Å². The van der Waals surface area contributed by atoms with Crippen LogP contribution in [-0.2, 0) is 23.9 Å². The molecule has 10 atom stereocenters. The molecule has 4 saturated carbocycles. The van der Waals surface area contributed by atoms with Crippen molar-refractivity contribution in [1.82, 2.24) is 5.32 Å². The molecule has 324 valence electrons. The van der Waals surface area contributed by atoms with Crippen molar-refractivity contribution in [2.24, 2.45) is 57.2 Å². The number of alkyl carbamates (subject to hydrolysis) is 1. The first-order valence-electron chi connectivity index (χ1n) is 22.7. The Bertz CT molecular complexity index is 2230. The normalized spacial score (nSPS) is 34.5. The number of methoxy groups -OCH3 is 1. The fourth-order valence-electron chi connectivity index (χ4n) is 15.5. The van der Waals surface area contributed by atoms with Crippen molar-refractivity contribution in [3.8, 4) is 11.1 Å². The second-order valence-corrected chi connectivity index (χ2v) is 20.9. The number of carbonyl (C=O) groups excluding carboxylic acids is 4. The molecule has 0 saturated heterocycles. The van der Waals surface area contributed by atoms with Gasteiger partial charge in [0.15, 0.2) is 0 Å². The predicted octanol–water partition coefficient (Wildman–Crippen LogP) is 11.7. The van der Waals surface area contributed by atoms with Crippen LogP contribution in [-0.4, -0.2) is 37.5 Å². The molecule has 6 aliphatic carbocycles. The van der Waals surface area contributed by atoms with E-state index in [1.54, 1.807) is 6.07 Å².